The molecule has 0 atom stereocenters. The van der Waals surface area contributed by atoms with Gasteiger partial charge >= 0.3 is 0 Å². The first-order valence-corrected chi connectivity index (χ1v) is 9.22. The number of halogens is 1. The Morgan fingerprint density at radius 3 is 2.78 bits per heavy atom. The van der Waals surface area contributed by atoms with E-state index in [0.29, 0.717) is 37.0 Å². The zero-order valence-electron chi connectivity index (χ0n) is 14.9. The number of ether oxygens (including phenoxy) is 2. The van der Waals surface area contributed by atoms with Crippen molar-refractivity contribution in [2.24, 2.45) is 0 Å². The number of furan rings is 2. The smallest absolute Gasteiger partial charge is 0.290 e. The number of hydrogen-bond acceptors (Lipinski definition) is 5. The first-order chi connectivity index (χ1) is 13.2. The summed E-state index contributed by atoms with van der Waals surface area (Å²) in [6.45, 7) is 1.44. The molecule has 1 aromatic carbocycles. The molecule has 0 aliphatic rings. The van der Waals surface area contributed by atoms with Crippen molar-refractivity contribution in [2.75, 3.05) is 20.3 Å². The molecule has 0 fully saturated rings. The number of hydrogen-bond donors (Lipinski definition) is 0. The van der Waals surface area contributed by atoms with Crippen molar-refractivity contribution in [3.8, 4) is 5.75 Å². The van der Waals surface area contributed by atoms with E-state index in [-0.39, 0.29) is 18.3 Å². The van der Waals surface area contributed by atoms with Gasteiger partial charge in [0.25, 0.3) is 5.91 Å². The van der Waals surface area contributed by atoms with E-state index in [2.05, 4.69) is 15.9 Å². The number of amides is 1. The van der Waals surface area contributed by atoms with Crippen LogP contribution in [0.25, 0.3) is 0 Å². The fourth-order valence-electron chi connectivity index (χ4n) is 2.48. The van der Waals surface area contributed by atoms with E-state index in [9.17, 15) is 4.79 Å². The summed E-state index contributed by atoms with van der Waals surface area (Å²) in [5.74, 6) is 2.02. The van der Waals surface area contributed by atoms with E-state index in [4.69, 9.17) is 18.3 Å². The first-order valence-electron chi connectivity index (χ1n) is 8.43. The minimum atomic E-state index is -0.225. The van der Waals surface area contributed by atoms with Crippen molar-refractivity contribution >= 4 is 21.8 Å². The Labute approximate surface area is 165 Å². The summed E-state index contributed by atoms with van der Waals surface area (Å²) in [7, 11) is 1.60. The lowest BCUT2D eigenvalue weighted by molar-refractivity contribution is 0.0632. The van der Waals surface area contributed by atoms with E-state index >= 15 is 0 Å². The van der Waals surface area contributed by atoms with Crippen LogP contribution >= 0.6 is 15.9 Å². The van der Waals surface area contributed by atoms with Crippen molar-refractivity contribution in [1.82, 2.24) is 4.90 Å². The second kappa shape index (κ2) is 9.43. The lowest BCUT2D eigenvalue weighted by atomic mass is 10.3. The SMILES string of the molecule is COCCN(Cc1ccco1)C(=O)c1ccc(COc2cccc(Br)c2)o1. The van der Waals surface area contributed by atoms with Crippen LogP contribution in [0.2, 0.25) is 0 Å². The number of rotatable bonds is 9. The van der Waals surface area contributed by atoms with Gasteiger partial charge in [-0.2, -0.15) is 0 Å². The molecule has 0 saturated carbocycles. The fourth-order valence-corrected chi connectivity index (χ4v) is 2.86. The summed E-state index contributed by atoms with van der Waals surface area (Å²) in [6.07, 6.45) is 1.58. The van der Waals surface area contributed by atoms with Crippen molar-refractivity contribution < 1.29 is 23.1 Å². The molecule has 0 saturated heterocycles. The monoisotopic (exact) mass is 433 g/mol. The molecule has 0 radical (unpaired) electrons. The third kappa shape index (κ3) is 5.48. The lowest BCUT2D eigenvalue weighted by Gasteiger charge is -2.20. The third-order valence-electron chi connectivity index (χ3n) is 3.83. The summed E-state index contributed by atoms with van der Waals surface area (Å²) in [6, 6.07) is 14.5. The second-order valence-corrected chi connectivity index (χ2v) is 6.73. The molecular formula is C20H20BrNO5. The number of carbonyl (C=O) groups is 1. The van der Waals surface area contributed by atoms with Crippen molar-refractivity contribution in [3.05, 3.63) is 76.5 Å². The number of methoxy groups -OCH3 is 1. The Bertz CT molecular complexity index is 859. The highest BCUT2D eigenvalue weighted by Crippen LogP contribution is 2.20. The van der Waals surface area contributed by atoms with Crippen LogP contribution in [0.15, 0.2) is 68.1 Å². The molecule has 2 aromatic heterocycles. The Kier molecular flexibility index (Phi) is 6.73. The van der Waals surface area contributed by atoms with E-state index in [1.54, 1.807) is 36.5 Å². The fraction of sp³-hybridized carbons (Fsp3) is 0.250. The average Bonchev–Trinajstić information content (AvgIpc) is 3.35. The van der Waals surface area contributed by atoms with Crippen LogP contribution in [0.4, 0.5) is 0 Å². The highest BCUT2D eigenvalue weighted by molar-refractivity contribution is 9.10. The molecule has 0 N–H and O–H groups in total. The van der Waals surface area contributed by atoms with Crippen LogP contribution in [-0.4, -0.2) is 31.1 Å². The van der Waals surface area contributed by atoms with Crippen molar-refractivity contribution in [2.45, 2.75) is 13.2 Å². The van der Waals surface area contributed by atoms with Crippen LogP contribution in [0.3, 0.4) is 0 Å². The van der Waals surface area contributed by atoms with Crippen LogP contribution in [0, 0.1) is 0 Å². The summed E-state index contributed by atoms with van der Waals surface area (Å²) in [5, 5.41) is 0. The van der Waals surface area contributed by atoms with Gasteiger partial charge in [-0.25, -0.2) is 0 Å². The Balaban J connectivity index is 1.64. The van der Waals surface area contributed by atoms with Gasteiger partial charge in [-0.1, -0.05) is 22.0 Å². The Morgan fingerprint density at radius 2 is 2.04 bits per heavy atom. The van der Waals surface area contributed by atoms with Gasteiger partial charge in [-0.3, -0.25) is 4.79 Å². The quantitative estimate of drug-likeness (QED) is 0.496. The largest absolute Gasteiger partial charge is 0.486 e. The molecule has 27 heavy (non-hydrogen) atoms. The van der Waals surface area contributed by atoms with Crippen LogP contribution in [0.5, 0.6) is 5.75 Å². The molecule has 1 amide bonds. The summed E-state index contributed by atoms with van der Waals surface area (Å²) in [4.78, 5) is 14.4. The minimum Gasteiger partial charge on any atom is -0.486 e. The van der Waals surface area contributed by atoms with Gasteiger partial charge in [0.15, 0.2) is 5.76 Å². The van der Waals surface area contributed by atoms with E-state index in [0.717, 1.165) is 4.47 Å². The second-order valence-electron chi connectivity index (χ2n) is 5.81. The molecule has 142 valence electrons. The van der Waals surface area contributed by atoms with Gasteiger partial charge in [0.05, 0.1) is 19.4 Å². The topological polar surface area (TPSA) is 65.0 Å². The van der Waals surface area contributed by atoms with E-state index in [1.165, 1.54) is 0 Å². The summed E-state index contributed by atoms with van der Waals surface area (Å²) < 4.78 is 22.7. The highest BCUT2D eigenvalue weighted by Gasteiger charge is 2.20. The predicted molar refractivity (Wildman–Crippen MR) is 103 cm³/mol. The lowest BCUT2D eigenvalue weighted by Crippen LogP contribution is -2.33. The molecule has 0 unspecified atom stereocenters. The summed E-state index contributed by atoms with van der Waals surface area (Å²) in [5.41, 5.74) is 0. The highest BCUT2D eigenvalue weighted by atomic mass is 79.9. The van der Waals surface area contributed by atoms with Crippen molar-refractivity contribution in [3.63, 3.8) is 0 Å². The molecule has 2 heterocycles. The van der Waals surface area contributed by atoms with E-state index in [1.807, 2.05) is 30.3 Å². The van der Waals surface area contributed by atoms with Gasteiger partial charge in [-0.05, 0) is 42.5 Å². The maximum absolute atomic E-state index is 12.8. The zero-order valence-corrected chi connectivity index (χ0v) is 16.5. The molecule has 6 nitrogen and oxygen atoms in total. The molecular weight excluding hydrogens is 414 g/mol. The zero-order chi connectivity index (χ0) is 19.1. The third-order valence-corrected chi connectivity index (χ3v) is 4.32. The number of benzene rings is 1. The van der Waals surface area contributed by atoms with Gasteiger partial charge in [-0.15, -0.1) is 0 Å². The first kappa shape index (κ1) is 19.3. The molecule has 3 aromatic rings. The molecule has 0 bridgehead atoms. The Hall–Kier alpha value is -2.51. The summed E-state index contributed by atoms with van der Waals surface area (Å²) >= 11 is 3.40. The number of nitrogens with zero attached hydrogens (tertiary/aromatic N) is 1. The minimum absolute atomic E-state index is 0.225. The standard InChI is InChI=1S/C20H20BrNO5/c1-24-11-9-22(13-17-6-3-10-25-17)20(23)19-8-7-18(27-19)14-26-16-5-2-4-15(21)12-16/h2-8,10,12H,9,11,13-14H2,1H3. The van der Waals surface area contributed by atoms with E-state index < -0.39 is 0 Å². The number of carbonyl (C=O) groups excluding carboxylic acids is 1. The van der Waals surface area contributed by atoms with Crippen LogP contribution < -0.4 is 4.74 Å². The van der Waals surface area contributed by atoms with Crippen LogP contribution in [-0.2, 0) is 17.9 Å². The normalized spacial score (nSPS) is 10.7. The Morgan fingerprint density at radius 1 is 1.15 bits per heavy atom. The van der Waals surface area contributed by atoms with Gasteiger partial charge in [0, 0.05) is 18.1 Å². The van der Waals surface area contributed by atoms with Gasteiger partial charge in [0.2, 0.25) is 0 Å². The molecule has 7 heteroatoms. The molecule has 0 spiro atoms. The van der Waals surface area contributed by atoms with Gasteiger partial charge < -0.3 is 23.2 Å². The van der Waals surface area contributed by atoms with Crippen LogP contribution in [0.1, 0.15) is 22.1 Å². The van der Waals surface area contributed by atoms with Gasteiger partial charge in [0.1, 0.15) is 23.9 Å². The van der Waals surface area contributed by atoms with Crippen molar-refractivity contribution in [1.29, 1.82) is 0 Å². The maximum Gasteiger partial charge on any atom is 0.290 e. The molecule has 0 aliphatic heterocycles. The maximum atomic E-state index is 12.8. The molecule has 3 rings (SSSR count). The average molecular weight is 434 g/mol. The molecule has 0 aliphatic carbocycles. The predicted octanol–water partition coefficient (Wildman–Crippen LogP) is 4.50.